The number of anilines is 1. The summed E-state index contributed by atoms with van der Waals surface area (Å²) in [6.45, 7) is 3.95. The van der Waals surface area contributed by atoms with Gasteiger partial charge in [0.1, 0.15) is 5.75 Å². The van der Waals surface area contributed by atoms with E-state index in [2.05, 4.69) is 21.2 Å². The van der Waals surface area contributed by atoms with E-state index in [0.29, 0.717) is 16.3 Å². The predicted molar refractivity (Wildman–Crippen MR) is 89.6 cm³/mol. The molecule has 2 aromatic rings. The van der Waals surface area contributed by atoms with Gasteiger partial charge in [-0.05, 0) is 65.2 Å². The molecule has 1 amide bonds. The number of ether oxygens (including phenoxy) is 1. The first kappa shape index (κ1) is 15.9. The molecule has 0 heterocycles. The van der Waals surface area contributed by atoms with E-state index in [1.807, 2.05) is 26.0 Å². The van der Waals surface area contributed by atoms with Crippen LogP contribution >= 0.6 is 27.5 Å². The van der Waals surface area contributed by atoms with Crippen LogP contribution in [0.5, 0.6) is 5.75 Å². The van der Waals surface area contributed by atoms with Crippen LogP contribution < -0.4 is 10.1 Å². The van der Waals surface area contributed by atoms with Crippen LogP contribution in [0.1, 0.15) is 21.5 Å². The molecule has 0 fully saturated rings. The molecule has 21 heavy (non-hydrogen) atoms. The summed E-state index contributed by atoms with van der Waals surface area (Å²) in [5.74, 6) is 0.222. The topological polar surface area (TPSA) is 38.3 Å². The lowest BCUT2D eigenvalue weighted by Gasteiger charge is -2.13. The van der Waals surface area contributed by atoms with Gasteiger partial charge in [0.15, 0.2) is 0 Å². The summed E-state index contributed by atoms with van der Waals surface area (Å²) in [7, 11) is 1.52. The Bertz CT molecular complexity index is 678. The number of methoxy groups -OCH3 is 1. The maximum atomic E-state index is 12.5. The van der Waals surface area contributed by atoms with Gasteiger partial charge in [-0.2, -0.15) is 0 Å². The number of hydrogen-bond donors (Lipinski definition) is 1. The van der Waals surface area contributed by atoms with E-state index in [0.717, 1.165) is 21.3 Å². The molecule has 110 valence electrons. The summed E-state index contributed by atoms with van der Waals surface area (Å²) >= 11 is 9.44. The quantitative estimate of drug-likeness (QED) is 0.829. The molecular weight excluding hydrogens is 354 g/mol. The molecule has 1 N–H and O–H groups in total. The molecule has 3 nitrogen and oxygen atoms in total. The lowest BCUT2D eigenvalue weighted by molar-refractivity contribution is 0.102. The molecule has 0 aromatic heterocycles. The van der Waals surface area contributed by atoms with Gasteiger partial charge in [0.2, 0.25) is 0 Å². The maximum absolute atomic E-state index is 12.5. The average molecular weight is 369 g/mol. The zero-order valence-corrected chi connectivity index (χ0v) is 14.3. The summed E-state index contributed by atoms with van der Waals surface area (Å²) in [6.07, 6.45) is 0. The van der Waals surface area contributed by atoms with E-state index >= 15 is 0 Å². The largest absolute Gasteiger partial charge is 0.496 e. The molecule has 2 rings (SSSR count). The number of halogens is 2. The lowest BCUT2D eigenvalue weighted by Crippen LogP contribution is -2.14. The molecule has 5 heteroatoms. The Hall–Kier alpha value is -1.52. The third-order valence-electron chi connectivity index (χ3n) is 3.08. The molecule has 0 saturated heterocycles. The molecule has 0 bridgehead atoms. The fraction of sp³-hybridized carbons (Fsp3) is 0.188. The minimum absolute atomic E-state index is 0.262. The van der Waals surface area contributed by atoms with Gasteiger partial charge in [-0.15, -0.1) is 0 Å². The summed E-state index contributed by atoms with van der Waals surface area (Å²) in [5, 5.41) is 3.39. The van der Waals surface area contributed by atoms with Gasteiger partial charge in [0.25, 0.3) is 5.91 Å². The second-order valence-electron chi connectivity index (χ2n) is 4.74. The Kier molecular flexibility index (Phi) is 4.91. The van der Waals surface area contributed by atoms with Gasteiger partial charge < -0.3 is 10.1 Å². The monoisotopic (exact) mass is 367 g/mol. The second-order valence-corrected chi connectivity index (χ2v) is 6.03. The number of carbonyl (C=O) groups excluding carboxylic acids is 1. The fourth-order valence-corrected chi connectivity index (χ4v) is 3.06. The number of aryl methyl sites for hydroxylation is 2. The van der Waals surface area contributed by atoms with Crippen molar-refractivity contribution in [1.82, 2.24) is 0 Å². The minimum Gasteiger partial charge on any atom is -0.496 e. The van der Waals surface area contributed by atoms with Gasteiger partial charge in [0.05, 0.1) is 18.4 Å². The van der Waals surface area contributed by atoms with Crippen LogP contribution in [0.3, 0.4) is 0 Å². The van der Waals surface area contributed by atoms with Crippen LogP contribution in [0.15, 0.2) is 34.8 Å². The van der Waals surface area contributed by atoms with Crippen molar-refractivity contribution in [3.63, 3.8) is 0 Å². The summed E-state index contributed by atoms with van der Waals surface area (Å²) < 4.78 is 6.05. The zero-order chi connectivity index (χ0) is 15.6. The molecule has 0 saturated carbocycles. The number of hydrogen-bond acceptors (Lipinski definition) is 2. The Morgan fingerprint density at radius 2 is 1.95 bits per heavy atom. The second kappa shape index (κ2) is 6.50. The highest BCUT2D eigenvalue weighted by Gasteiger charge is 2.15. The van der Waals surface area contributed by atoms with Crippen molar-refractivity contribution < 1.29 is 9.53 Å². The van der Waals surface area contributed by atoms with E-state index in [1.54, 1.807) is 18.2 Å². The molecule has 0 radical (unpaired) electrons. The summed E-state index contributed by atoms with van der Waals surface area (Å²) in [5.41, 5.74) is 3.25. The number of benzene rings is 2. The first-order chi connectivity index (χ1) is 9.92. The standard InChI is InChI=1S/C16H15BrClNO2/c1-9-6-10(2)15(13(17)7-9)19-16(20)12-8-11(18)4-5-14(12)21-3/h4-8H,1-3H3,(H,19,20). The average Bonchev–Trinajstić information content (AvgIpc) is 2.42. The van der Waals surface area contributed by atoms with Crippen molar-refractivity contribution in [3.05, 3.63) is 56.5 Å². The molecule has 2 aromatic carbocycles. The molecule has 0 aliphatic heterocycles. The number of nitrogens with one attached hydrogen (secondary N) is 1. The van der Waals surface area contributed by atoms with E-state index in [1.165, 1.54) is 7.11 Å². The molecule has 0 atom stereocenters. The minimum atomic E-state index is -0.262. The fourth-order valence-electron chi connectivity index (χ4n) is 2.11. The smallest absolute Gasteiger partial charge is 0.259 e. The van der Waals surface area contributed by atoms with Crippen molar-refractivity contribution in [1.29, 1.82) is 0 Å². The van der Waals surface area contributed by atoms with Crippen molar-refractivity contribution in [2.24, 2.45) is 0 Å². The Morgan fingerprint density at radius 1 is 1.24 bits per heavy atom. The van der Waals surface area contributed by atoms with Crippen molar-refractivity contribution in [2.75, 3.05) is 12.4 Å². The molecule has 0 aliphatic rings. The number of amides is 1. The SMILES string of the molecule is COc1ccc(Cl)cc1C(=O)Nc1c(C)cc(C)cc1Br. The predicted octanol–water partition coefficient (Wildman–Crippen LogP) is 4.98. The Labute approximate surface area is 137 Å². The van der Waals surface area contributed by atoms with Gasteiger partial charge >= 0.3 is 0 Å². The third kappa shape index (κ3) is 3.57. The van der Waals surface area contributed by atoms with Gasteiger partial charge in [0, 0.05) is 9.50 Å². The van der Waals surface area contributed by atoms with Gasteiger partial charge in [-0.25, -0.2) is 0 Å². The van der Waals surface area contributed by atoms with Crippen LogP contribution in [0.25, 0.3) is 0 Å². The normalized spacial score (nSPS) is 10.3. The number of rotatable bonds is 3. The first-order valence-corrected chi connectivity index (χ1v) is 7.51. The maximum Gasteiger partial charge on any atom is 0.259 e. The lowest BCUT2D eigenvalue weighted by atomic mass is 10.1. The highest BCUT2D eigenvalue weighted by atomic mass is 79.9. The van der Waals surface area contributed by atoms with Crippen LogP contribution in [0.2, 0.25) is 5.02 Å². The van der Waals surface area contributed by atoms with Crippen molar-refractivity contribution in [3.8, 4) is 5.75 Å². The van der Waals surface area contributed by atoms with E-state index < -0.39 is 0 Å². The highest BCUT2D eigenvalue weighted by Crippen LogP contribution is 2.30. The molecule has 0 unspecified atom stereocenters. The van der Waals surface area contributed by atoms with Crippen molar-refractivity contribution >= 4 is 39.1 Å². The summed E-state index contributed by atoms with van der Waals surface area (Å²) in [4.78, 5) is 12.5. The van der Waals surface area contributed by atoms with Crippen molar-refractivity contribution in [2.45, 2.75) is 13.8 Å². The Balaban J connectivity index is 2.37. The Morgan fingerprint density at radius 3 is 2.57 bits per heavy atom. The van der Waals surface area contributed by atoms with Crippen LogP contribution in [-0.4, -0.2) is 13.0 Å². The van der Waals surface area contributed by atoms with Gasteiger partial charge in [-0.1, -0.05) is 17.7 Å². The van der Waals surface area contributed by atoms with Crippen LogP contribution in [0.4, 0.5) is 5.69 Å². The first-order valence-electron chi connectivity index (χ1n) is 6.34. The van der Waals surface area contributed by atoms with Gasteiger partial charge in [-0.3, -0.25) is 4.79 Å². The third-order valence-corrected chi connectivity index (χ3v) is 3.94. The highest BCUT2D eigenvalue weighted by molar-refractivity contribution is 9.10. The van der Waals surface area contributed by atoms with E-state index in [9.17, 15) is 4.79 Å². The zero-order valence-electron chi connectivity index (χ0n) is 12.0. The molecule has 0 spiro atoms. The number of carbonyl (C=O) groups is 1. The molecule has 0 aliphatic carbocycles. The molecular formula is C16H15BrClNO2. The van der Waals surface area contributed by atoms with E-state index in [-0.39, 0.29) is 5.91 Å². The summed E-state index contributed by atoms with van der Waals surface area (Å²) in [6, 6.07) is 8.92. The van der Waals surface area contributed by atoms with Crippen LogP contribution in [-0.2, 0) is 0 Å². The van der Waals surface area contributed by atoms with Crippen LogP contribution in [0, 0.1) is 13.8 Å². The van der Waals surface area contributed by atoms with E-state index in [4.69, 9.17) is 16.3 Å².